The van der Waals surface area contributed by atoms with Crippen LogP contribution in [0.15, 0.2) is 48.5 Å². The number of benzene rings is 2. The fourth-order valence-corrected chi connectivity index (χ4v) is 3.22. The zero-order chi connectivity index (χ0) is 17.3. The van der Waals surface area contributed by atoms with Crippen LogP contribution in [0, 0.1) is 6.92 Å². The SMILES string of the molecule is Cc1ccc(N2C(=O)S[C@H](Nc3cccc(C(=O)[O-])c3)C2=O)cc1. The van der Waals surface area contributed by atoms with Crippen molar-refractivity contribution in [2.24, 2.45) is 0 Å². The van der Waals surface area contributed by atoms with Gasteiger partial charge in [0, 0.05) is 5.69 Å². The third-order valence-electron chi connectivity index (χ3n) is 3.53. The van der Waals surface area contributed by atoms with Crippen LogP contribution < -0.4 is 15.3 Å². The van der Waals surface area contributed by atoms with Crippen molar-refractivity contribution in [1.29, 1.82) is 0 Å². The summed E-state index contributed by atoms with van der Waals surface area (Å²) in [5, 5.41) is 12.6. The minimum atomic E-state index is -1.30. The van der Waals surface area contributed by atoms with Gasteiger partial charge < -0.3 is 15.2 Å². The van der Waals surface area contributed by atoms with Crippen molar-refractivity contribution < 1.29 is 19.5 Å². The summed E-state index contributed by atoms with van der Waals surface area (Å²) in [6, 6.07) is 13.0. The largest absolute Gasteiger partial charge is 0.545 e. The first kappa shape index (κ1) is 16.1. The summed E-state index contributed by atoms with van der Waals surface area (Å²) in [5.74, 6) is -1.70. The molecule has 0 radical (unpaired) electrons. The second-order valence-electron chi connectivity index (χ2n) is 5.29. The molecule has 122 valence electrons. The number of nitrogens with one attached hydrogen (secondary N) is 1. The molecule has 0 bridgehead atoms. The zero-order valence-electron chi connectivity index (χ0n) is 12.7. The summed E-state index contributed by atoms with van der Waals surface area (Å²) < 4.78 is 0. The number of aryl methyl sites for hydroxylation is 1. The fraction of sp³-hybridized carbons (Fsp3) is 0.118. The van der Waals surface area contributed by atoms with E-state index in [1.807, 2.05) is 19.1 Å². The fourth-order valence-electron chi connectivity index (χ4n) is 2.32. The van der Waals surface area contributed by atoms with Crippen molar-refractivity contribution in [3.63, 3.8) is 0 Å². The van der Waals surface area contributed by atoms with Gasteiger partial charge in [0.1, 0.15) is 0 Å². The van der Waals surface area contributed by atoms with Gasteiger partial charge >= 0.3 is 0 Å². The average Bonchev–Trinajstić information content (AvgIpc) is 2.83. The van der Waals surface area contributed by atoms with Crippen molar-refractivity contribution >= 4 is 40.3 Å². The highest BCUT2D eigenvalue weighted by molar-refractivity contribution is 8.16. The van der Waals surface area contributed by atoms with Crippen LogP contribution in [0.1, 0.15) is 15.9 Å². The lowest BCUT2D eigenvalue weighted by Crippen LogP contribution is -2.34. The number of carbonyl (C=O) groups is 3. The Morgan fingerprint density at radius 1 is 1.17 bits per heavy atom. The zero-order valence-corrected chi connectivity index (χ0v) is 13.5. The first-order chi connectivity index (χ1) is 11.5. The van der Waals surface area contributed by atoms with Gasteiger partial charge in [0.25, 0.3) is 11.1 Å². The molecule has 3 rings (SSSR count). The number of imide groups is 1. The summed E-state index contributed by atoms with van der Waals surface area (Å²) in [6.07, 6.45) is 0. The molecule has 1 fully saturated rings. The first-order valence-electron chi connectivity index (χ1n) is 7.15. The number of nitrogens with zero attached hydrogens (tertiary/aromatic N) is 1. The number of hydrogen-bond donors (Lipinski definition) is 1. The predicted molar refractivity (Wildman–Crippen MR) is 89.8 cm³/mol. The lowest BCUT2D eigenvalue weighted by Gasteiger charge is -2.15. The molecule has 1 aliphatic rings. The highest BCUT2D eigenvalue weighted by Crippen LogP contribution is 2.32. The van der Waals surface area contributed by atoms with E-state index in [2.05, 4.69) is 5.32 Å². The van der Waals surface area contributed by atoms with E-state index in [-0.39, 0.29) is 10.8 Å². The second kappa shape index (κ2) is 6.37. The van der Waals surface area contributed by atoms with E-state index in [4.69, 9.17) is 0 Å². The molecule has 2 aromatic carbocycles. The summed E-state index contributed by atoms with van der Waals surface area (Å²) in [7, 11) is 0. The molecule has 7 heteroatoms. The van der Waals surface area contributed by atoms with Crippen LogP contribution in [0.2, 0.25) is 0 Å². The van der Waals surface area contributed by atoms with Gasteiger partial charge in [0.2, 0.25) is 0 Å². The number of carboxylic acid groups (broad SMARTS) is 1. The second-order valence-corrected chi connectivity index (χ2v) is 6.34. The van der Waals surface area contributed by atoms with E-state index in [0.29, 0.717) is 11.4 Å². The van der Waals surface area contributed by atoms with Gasteiger partial charge in [-0.2, -0.15) is 0 Å². The Morgan fingerprint density at radius 2 is 1.88 bits per heavy atom. The molecule has 1 N–H and O–H groups in total. The van der Waals surface area contributed by atoms with Crippen LogP contribution in [-0.4, -0.2) is 22.5 Å². The number of carbonyl (C=O) groups excluding carboxylic acids is 3. The summed E-state index contributed by atoms with van der Waals surface area (Å²) in [5.41, 5.74) is 1.97. The predicted octanol–water partition coefficient (Wildman–Crippen LogP) is 2.00. The van der Waals surface area contributed by atoms with Crippen LogP contribution in [0.25, 0.3) is 0 Å². The van der Waals surface area contributed by atoms with Gasteiger partial charge in [-0.15, -0.1) is 0 Å². The van der Waals surface area contributed by atoms with Gasteiger partial charge in [0.15, 0.2) is 5.37 Å². The van der Waals surface area contributed by atoms with Crippen molar-refractivity contribution in [3.05, 3.63) is 59.7 Å². The molecule has 0 spiro atoms. The van der Waals surface area contributed by atoms with E-state index in [1.165, 1.54) is 18.2 Å². The van der Waals surface area contributed by atoms with E-state index >= 15 is 0 Å². The Balaban J connectivity index is 1.80. The topological polar surface area (TPSA) is 89.5 Å². The Hall–Kier alpha value is -2.80. The standard InChI is InChI=1S/C17H14N2O4S/c1-10-5-7-13(8-6-10)19-15(20)14(24-17(19)23)18-12-4-2-3-11(9-12)16(21)22/h2-9,14,18H,1H3,(H,21,22)/p-1/t14-/m0/s1. The molecule has 0 aliphatic carbocycles. The lowest BCUT2D eigenvalue weighted by molar-refractivity contribution is -0.255. The van der Waals surface area contributed by atoms with E-state index in [1.54, 1.807) is 18.2 Å². The van der Waals surface area contributed by atoms with E-state index in [0.717, 1.165) is 22.2 Å². The molecule has 24 heavy (non-hydrogen) atoms. The van der Waals surface area contributed by atoms with Crippen LogP contribution >= 0.6 is 11.8 Å². The maximum atomic E-state index is 12.5. The van der Waals surface area contributed by atoms with Crippen LogP contribution in [0.3, 0.4) is 0 Å². The van der Waals surface area contributed by atoms with Crippen LogP contribution in [-0.2, 0) is 4.79 Å². The number of hydrogen-bond acceptors (Lipinski definition) is 6. The molecule has 1 atom stereocenters. The Morgan fingerprint density at radius 3 is 2.54 bits per heavy atom. The molecular weight excluding hydrogens is 328 g/mol. The molecule has 0 aromatic heterocycles. The van der Waals surface area contributed by atoms with E-state index in [9.17, 15) is 19.5 Å². The molecule has 2 aromatic rings. The number of amides is 2. The molecule has 2 amide bonds. The third kappa shape index (κ3) is 3.11. The molecule has 6 nitrogen and oxygen atoms in total. The number of aromatic carboxylic acids is 1. The normalized spacial score (nSPS) is 17.2. The van der Waals surface area contributed by atoms with Crippen molar-refractivity contribution in [1.82, 2.24) is 0 Å². The molecular formula is C17H13N2O4S-. The maximum Gasteiger partial charge on any atom is 0.295 e. The highest BCUT2D eigenvalue weighted by atomic mass is 32.2. The van der Waals surface area contributed by atoms with Crippen LogP contribution in [0.4, 0.5) is 16.2 Å². The quantitative estimate of drug-likeness (QED) is 0.915. The van der Waals surface area contributed by atoms with Crippen molar-refractivity contribution in [2.75, 3.05) is 10.2 Å². The van der Waals surface area contributed by atoms with E-state index < -0.39 is 17.3 Å². The molecule has 0 saturated carbocycles. The first-order valence-corrected chi connectivity index (χ1v) is 8.03. The molecule has 1 heterocycles. The minimum absolute atomic E-state index is 0.00263. The average molecular weight is 341 g/mol. The number of anilines is 2. The third-order valence-corrected chi connectivity index (χ3v) is 4.47. The Bertz CT molecular complexity index is 820. The van der Waals surface area contributed by atoms with Crippen molar-refractivity contribution in [2.45, 2.75) is 12.3 Å². The van der Waals surface area contributed by atoms with Crippen LogP contribution in [0.5, 0.6) is 0 Å². The van der Waals surface area contributed by atoms with Gasteiger partial charge in [-0.25, -0.2) is 4.90 Å². The minimum Gasteiger partial charge on any atom is -0.545 e. The Kier molecular flexibility index (Phi) is 4.26. The Labute approximate surface area is 142 Å². The highest BCUT2D eigenvalue weighted by Gasteiger charge is 2.40. The lowest BCUT2D eigenvalue weighted by atomic mass is 10.2. The number of rotatable bonds is 4. The van der Waals surface area contributed by atoms with Gasteiger partial charge in [-0.3, -0.25) is 9.59 Å². The monoisotopic (exact) mass is 341 g/mol. The van der Waals surface area contributed by atoms with Gasteiger partial charge in [-0.05, 0) is 48.5 Å². The van der Waals surface area contributed by atoms with Gasteiger partial charge in [0.05, 0.1) is 11.7 Å². The van der Waals surface area contributed by atoms with Gasteiger partial charge in [-0.1, -0.05) is 29.8 Å². The molecule has 1 saturated heterocycles. The summed E-state index contributed by atoms with van der Waals surface area (Å²) in [4.78, 5) is 36.7. The number of thioether (sulfide) groups is 1. The summed E-state index contributed by atoms with van der Waals surface area (Å²) in [6.45, 7) is 1.92. The summed E-state index contributed by atoms with van der Waals surface area (Å²) >= 11 is 0.853. The smallest absolute Gasteiger partial charge is 0.295 e. The van der Waals surface area contributed by atoms with Crippen molar-refractivity contribution in [3.8, 4) is 0 Å². The molecule has 0 unspecified atom stereocenters. The molecule has 1 aliphatic heterocycles. The number of carboxylic acids is 1. The maximum absolute atomic E-state index is 12.5.